The fourth-order valence-corrected chi connectivity index (χ4v) is 3.55. The van der Waals surface area contributed by atoms with E-state index in [1.807, 2.05) is 35.7 Å². The molecular weight excluding hydrogens is 398 g/mol. The highest BCUT2D eigenvalue weighted by Gasteiger charge is 2.26. The van der Waals surface area contributed by atoms with Crippen LogP contribution in [0.2, 0.25) is 0 Å². The van der Waals surface area contributed by atoms with Crippen LogP contribution < -0.4 is 14.4 Å². The predicted molar refractivity (Wildman–Crippen MR) is 109 cm³/mol. The molecule has 0 atom stereocenters. The van der Waals surface area contributed by atoms with Crippen LogP contribution in [0, 0.1) is 0 Å². The second-order valence-electron chi connectivity index (χ2n) is 5.80. The number of amides is 1. The van der Waals surface area contributed by atoms with E-state index in [1.165, 1.54) is 47.6 Å². The van der Waals surface area contributed by atoms with Gasteiger partial charge in [0.25, 0.3) is 5.91 Å². The Balaban J connectivity index is 1.99. The summed E-state index contributed by atoms with van der Waals surface area (Å²) in [7, 11) is 1.32. The maximum Gasteiger partial charge on any atom is 0.387 e. The van der Waals surface area contributed by atoms with Crippen molar-refractivity contribution < 1.29 is 23.0 Å². The molecule has 150 valence electrons. The Bertz CT molecular complexity index is 993. The number of carbonyl (C=O) groups is 1. The predicted octanol–water partition coefficient (Wildman–Crippen LogP) is 5.25. The second-order valence-corrected chi connectivity index (χ2v) is 6.64. The molecule has 8 heteroatoms. The average Bonchev–Trinajstić information content (AvgIpc) is 3.22. The van der Waals surface area contributed by atoms with Crippen LogP contribution in [0.4, 0.5) is 13.9 Å². The van der Waals surface area contributed by atoms with Gasteiger partial charge in [-0.2, -0.15) is 8.78 Å². The summed E-state index contributed by atoms with van der Waals surface area (Å²) in [5.41, 5.74) is 1.56. The smallest absolute Gasteiger partial charge is 0.387 e. The summed E-state index contributed by atoms with van der Waals surface area (Å²) in [6.45, 7) is 0.722. The monoisotopic (exact) mass is 416 g/mol. The summed E-state index contributed by atoms with van der Waals surface area (Å²) in [4.78, 5) is 19.1. The molecule has 5 nitrogen and oxygen atoms in total. The molecule has 0 spiro atoms. The number of halogens is 2. The van der Waals surface area contributed by atoms with Gasteiger partial charge in [-0.1, -0.05) is 42.5 Å². The van der Waals surface area contributed by atoms with Crippen LogP contribution >= 0.6 is 11.3 Å². The van der Waals surface area contributed by atoms with E-state index >= 15 is 0 Å². The number of benzene rings is 2. The minimum absolute atomic E-state index is 0.0406. The molecule has 0 aliphatic carbocycles. The Kier molecular flexibility index (Phi) is 6.56. The van der Waals surface area contributed by atoms with Gasteiger partial charge in [0.1, 0.15) is 0 Å². The molecule has 3 aromatic rings. The zero-order chi connectivity index (χ0) is 20.8. The number of aromatic nitrogens is 1. The Morgan fingerprint density at radius 3 is 2.66 bits per heavy atom. The third-order valence-corrected chi connectivity index (χ3v) is 4.85. The Morgan fingerprint density at radius 2 is 2.00 bits per heavy atom. The molecule has 0 aliphatic heterocycles. The summed E-state index contributed by atoms with van der Waals surface area (Å²) in [5, 5.41) is 2.25. The number of rotatable bonds is 8. The number of alkyl halides is 2. The summed E-state index contributed by atoms with van der Waals surface area (Å²) in [6, 6.07) is 13.9. The lowest BCUT2D eigenvalue weighted by atomic mass is 10.1. The molecular formula is C21H18F2N2O3S. The van der Waals surface area contributed by atoms with Crippen molar-refractivity contribution in [2.24, 2.45) is 0 Å². The molecule has 3 rings (SSSR count). The number of para-hydroxylation sites is 1. The van der Waals surface area contributed by atoms with Gasteiger partial charge in [-0.3, -0.25) is 9.69 Å². The summed E-state index contributed by atoms with van der Waals surface area (Å²) >= 11 is 1.27. The first-order valence-corrected chi connectivity index (χ1v) is 9.48. The Labute approximate surface area is 170 Å². The number of hydrogen-bond donors (Lipinski definition) is 0. The van der Waals surface area contributed by atoms with Gasteiger partial charge in [0.15, 0.2) is 16.6 Å². The summed E-state index contributed by atoms with van der Waals surface area (Å²) in [5.74, 6) is -0.823. The Hall–Kier alpha value is -3.26. The minimum Gasteiger partial charge on any atom is -0.493 e. The third kappa shape index (κ3) is 4.60. The van der Waals surface area contributed by atoms with Crippen LogP contribution in [-0.2, 0) is 0 Å². The maximum atomic E-state index is 13.2. The maximum absolute atomic E-state index is 13.2. The van der Waals surface area contributed by atoms with E-state index < -0.39 is 12.5 Å². The van der Waals surface area contributed by atoms with Crippen molar-refractivity contribution in [3.63, 3.8) is 0 Å². The fourth-order valence-electron chi connectivity index (χ4n) is 2.71. The van der Waals surface area contributed by atoms with Gasteiger partial charge in [-0.05, 0) is 12.1 Å². The lowest BCUT2D eigenvalue weighted by Gasteiger charge is -2.20. The molecule has 0 fully saturated rings. The fraction of sp³-hybridized carbons (Fsp3) is 0.143. The van der Waals surface area contributed by atoms with Crippen LogP contribution in [0.15, 0.2) is 66.6 Å². The average molecular weight is 416 g/mol. The first kappa shape index (κ1) is 20.5. The van der Waals surface area contributed by atoms with Gasteiger partial charge in [-0.25, -0.2) is 4.98 Å². The third-order valence-electron chi connectivity index (χ3n) is 3.99. The number of hydrogen-bond acceptors (Lipinski definition) is 5. The summed E-state index contributed by atoms with van der Waals surface area (Å²) < 4.78 is 35.5. The normalized spacial score (nSPS) is 10.6. The lowest BCUT2D eigenvalue weighted by molar-refractivity contribution is -0.0515. The number of ether oxygens (including phenoxy) is 2. The second kappa shape index (κ2) is 9.29. The van der Waals surface area contributed by atoms with Crippen molar-refractivity contribution in [3.05, 3.63) is 72.1 Å². The molecule has 0 radical (unpaired) electrons. The molecule has 0 saturated carbocycles. The van der Waals surface area contributed by atoms with Gasteiger partial charge < -0.3 is 9.47 Å². The van der Waals surface area contributed by atoms with E-state index in [-0.39, 0.29) is 23.6 Å². The van der Waals surface area contributed by atoms with Crippen molar-refractivity contribution in [1.29, 1.82) is 0 Å². The van der Waals surface area contributed by atoms with Crippen molar-refractivity contribution in [2.45, 2.75) is 6.61 Å². The molecule has 0 N–H and O–H groups in total. The van der Waals surface area contributed by atoms with E-state index in [1.54, 1.807) is 0 Å². The van der Waals surface area contributed by atoms with Gasteiger partial charge >= 0.3 is 6.61 Å². The molecule has 0 unspecified atom stereocenters. The van der Waals surface area contributed by atoms with Crippen LogP contribution in [0.5, 0.6) is 11.5 Å². The minimum atomic E-state index is -3.10. The van der Waals surface area contributed by atoms with Crippen LogP contribution in [0.1, 0.15) is 10.4 Å². The number of nitrogens with zero attached hydrogens (tertiary/aromatic N) is 2. The molecule has 1 amide bonds. The highest BCUT2D eigenvalue weighted by molar-refractivity contribution is 7.14. The van der Waals surface area contributed by atoms with E-state index in [9.17, 15) is 13.6 Å². The van der Waals surface area contributed by atoms with Crippen LogP contribution in [0.3, 0.4) is 0 Å². The zero-order valence-electron chi connectivity index (χ0n) is 15.5. The highest BCUT2D eigenvalue weighted by Crippen LogP contribution is 2.35. The van der Waals surface area contributed by atoms with Crippen molar-refractivity contribution in [1.82, 2.24) is 4.98 Å². The molecule has 29 heavy (non-hydrogen) atoms. The Morgan fingerprint density at radius 1 is 1.24 bits per heavy atom. The van der Waals surface area contributed by atoms with E-state index in [0.29, 0.717) is 10.8 Å². The number of carbonyl (C=O) groups excluding carboxylic acids is 1. The van der Waals surface area contributed by atoms with Crippen LogP contribution in [0.25, 0.3) is 11.3 Å². The van der Waals surface area contributed by atoms with Gasteiger partial charge in [0.05, 0.1) is 18.4 Å². The van der Waals surface area contributed by atoms with Gasteiger partial charge in [0, 0.05) is 17.5 Å². The molecule has 2 aromatic carbocycles. The topological polar surface area (TPSA) is 51.7 Å². The number of thiazole rings is 1. The standard InChI is InChI=1S/C21H18F2N2O3S/c1-3-12-25(21-24-16(13-29-21)14-8-5-4-6-9-14)19(26)15-10-7-11-17(27-2)18(15)28-20(22)23/h3-11,13,20H,1,12H2,2H3. The van der Waals surface area contributed by atoms with Crippen molar-refractivity contribution in [2.75, 3.05) is 18.6 Å². The molecule has 0 saturated heterocycles. The van der Waals surface area contributed by atoms with E-state index in [0.717, 1.165) is 5.56 Å². The number of anilines is 1. The van der Waals surface area contributed by atoms with E-state index in [2.05, 4.69) is 16.3 Å². The lowest BCUT2D eigenvalue weighted by Crippen LogP contribution is -2.31. The van der Waals surface area contributed by atoms with E-state index in [4.69, 9.17) is 4.74 Å². The first-order chi connectivity index (χ1) is 14.0. The molecule has 1 heterocycles. The summed E-state index contributed by atoms with van der Waals surface area (Å²) in [6.07, 6.45) is 1.54. The molecule has 1 aromatic heterocycles. The van der Waals surface area contributed by atoms with Gasteiger partial charge in [-0.15, -0.1) is 17.9 Å². The quantitative estimate of drug-likeness (QED) is 0.471. The van der Waals surface area contributed by atoms with Crippen molar-refractivity contribution >= 4 is 22.4 Å². The van der Waals surface area contributed by atoms with Crippen LogP contribution in [-0.4, -0.2) is 31.2 Å². The SMILES string of the molecule is C=CCN(C(=O)c1cccc(OC)c1OC(F)F)c1nc(-c2ccccc2)cs1. The van der Waals surface area contributed by atoms with Crippen molar-refractivity contribution in [3.8, 4) is 22.8 Å². The van der Waals surface area contributed by atoms with Gasteiger partial charge in [0.2, 0.25) is 0 Å². The number of methoxy groups -OCH3 is 1. The largest absolute Gasteiger partial charge is 0.493 e. The first-order valence-electron chi connectivity index (χ1n) is 8.60. The molecule has 0 bridgehead atoms. The zero-order valence-corrected chi connectivity index (χ0v) is 16.4. The highest BCUT2D eigenvalue weighted by atomic mass is 32.1. The molecule has 0 aliphatic rings.